The third kappa shape index (κ3) is 5.56. The standard InChI is InChI=1S/C18H23N3O3S/c1-4-24-18(23)21-16(12(2)3)17(22)19-10-15-20-14(11-25-15)13-8-6-5-7-9-13/h5-9,11-12,16H,4,10H2,1-3H3,(H,19,22)(H,21,23). The summed E-state index contributed by atoms with van der Waals surface area (Å²) in [6.45, 7) is 6.04. The number of hydrogen-bond donors (Lipinski definition) is 2. The summed E-state index contributed by atoms with van der Waals surface area (Å²) >= 11 is 1.49. The molecule has 6 nitrogen and oxygen atoms in total. The largest absolute Gasteiger partial charge is 0.450 e. The summed E-state index contributed by atoms with van der Waals surface area (Å²) < 4.78 is 4.85. The van der Waals surface area contributed by atoms with Crippen LogP contribution in [0.15, 0.2) is 35.7 Å². The van der Waals surface area contributed by atoms with E-state index < -0.39 is 12.1 Å². The number of nitrogens with one attached hydrogen (secondary N) is 2. The lowest BCUT2D eigenvalue weighted by atomic mass is 10.0. The molecule has 7 heteroatoms. The van der Waals surface area contributed by atoms with Crippen molar-refractivity contribution in [2.45, 2.75) is 33.4 Å². The Hall–Kier alpha value is -2.41. The Bertz CT molecular complexity index is 701. The molecule has 0 aliphatic rings. The van der Waals surface area contributed by atoms with Crippen LogP contribution in [0.1, 0.15) is 25.8 Å². The van der Waals surface area contributed by atoms with Crippen LogP contribution in [-0.2, 0) is 16.1 Å². The Morgan fingerprint density at radius 2 is 1.96 bits per heavy atom. The number of ether oxygens (including phenoxy) is 1. The van der Waals surface area contributed by atoms with E-state index in [4.69, 9.17) is 4.74 Å². The average molecular weight is 361 g/mol. The first-order valence-electron chi connectivity index (χ1n) is 8.22. The fourth-order valence-electron chi connectivity index (χ4n) is 2.24. The summed E-state index contributed by atoms with van der Waals surface area (Å²) in [5.41, 5.74) is 1.93. The van der Waals surface area contributed by atoms with Crippen LogP contribution < -0.4 is 10.6 Å². The van der Waals surface area contributed by atoms with Gasteiger partial charge in [-0.3, -0.25) is 4.79 Å². The molecule has 0 saturated heterocycles. The molecule has 0 spiro atoms. The van der Waals surface area contributed by atoms with E-state index in [9.17, 15) is 9.59 Å². The van der Waals surface area contributed by atoms with Crippen molar-refractivity contribution in [3.63, 3.8) is 0 Å². The molecule has 0 aliphatic heterocycles. The zero-order valence-electron chi connectivity index (χ0n) is 14.6. The van der Waals surface area contributed by atoms with Crippen LogP contribution in [0.5, 0.6) is 0 Å². The molecule has 1 atom stereocenters. The van der Waals surface area contributed by atoms with Gasteiger partial charge in [-0.25, -0.2) is 9.78 Å². The Morgan fingerprint density at radius 3 is 2.60 bits per heavy atom. The van der Waals surface area contributed by atoms with E-state index in [-0.39, 0.29) is 18.4 Å². The van der Waals surface area contributed by atoms with E-state index in [1.165, 1.54) is 11.3 Å². The maximum absolute atomic E-state index is 12.4. The summed E-state index contributed by atoms with van der Waals surface area (Å²) in [5.74, 6) is -0.305. The van der Waals surface area contributed by atoms with Gasteiger partial charge in [0.15, 0.2) is 0 Å². The van der Waals surface area contributed by atoms with Crippen LogP contribution in [-0.4, -0.2) is 29.6 Å². The smallest absolute Gasteiger partial charge is 0.407 e. The Morgan fingerprint density at radius 1 is 1.24 bits per heavy atom. The second kappa shape index (κ2) is 9.17. The first-order valence-corrected chi connectivity index (χ1v) is 9.10. The maximum atomic E-state index is 12.4. The molecule has 0 fully saturated rings. The SMILES string of the molecule is CCOC(=O)NC(C(=O)NCc1nc(-c2ccccc2)cs1)C(C)C. The van der Waals surface area contributed by atoms with Crippen molar-refractivity contribution in [1.82, 2.24) is 15.6 Å². The molecule has 134 valence electrons. The van der Waals surface area contributed by atoms with Crippen molar-refractivity contribution in [3.05, 3.63) is 40.7 Å². The number of aromatic nitrogens is 1. The number of thiazole rings is 1. The van der Waals surface area contributed by atoms with Gasteiger partial charge in [0.25, 0.3) is 0 Å². The number of rotatable bonds is 7. The van der Waals surface area contributed by atoms with E-state index in [1.807, 2.05) is 49.6 Å². The quantitative estimate of drug-likeness (QED) is 0.794. The van der Waals surface area contributed by atoms with E-state index in [2.05, 4.69) is 15.6 Å². The molecule has 1 aromatic carbocycles. The van der Waals surface area contributed by atoms with E-state index in [0.29, 0.717) is 6.54 Å². The molecule has 2 N–H and O–H groups in total. The van der Waals surface area contributed by atoms with Gasteiger partial charge in [0.2, 0.25) is 5.91 Å². The zero-order chi connectivity index (χ0) is 18.2. The summed E-state index contributed by atoms with van der Waals surface area (Å²) in [6.07, 6.45) is -0.586. The van der Waals surface area contributed by atoms with Crippen molar-refractivity contribution in [3.8, 4) is 11.3 Å². The van der Waals surface area contributed by atoms with Gasteiger partial charge in [-0.05, 0) is 12.8 Å². The molecule has 2 aromatic rings. The fourth-order valence-corrected chi connectivity index (χ4v) is 2.98. The first kappa shape index (κ1) is 18.9. The van der Waals surface area contributed by atoms with Gasteiger partial charge in [0, 0.05) is 10.9 Å². The number of amides is 2. The third-order valence-corrected chi connectivity index (χ3v) is 4.38. The van der Waals surface area contributed by atoms with Crippen LogP contribution in [0.4, 0.5) is 4.79 Å². The molecule has 0 saturated carbocycles. The molecule has 2 amide bonds. The van der Waals surface area contributed by atoms with Crippen LogP contribution in [0.25, 0.3) is 11.3 Å². The topological polar surface area (TPSA) is 80.3 Å². The normalized spacial score (nSPS) is 11.8. The average Bonchev–Trinajstić information content (AvgIpc) is 3.07. The number of hydrogen-bond acceptors (Lipinski definition) is 5. The summed E-state index contributed by atoms with van der Waals surface area (Å²) in [4.78, 5) is 28.5. The molecule has 1 aromatic heterocycles. The Kier molecular flexibility index (Phi) is 6.94. The highest BCUT2D eigenvalue weighted by Crippen LogP contribution is 2.21. The lowest BCUT2D eigenvalue weighted by Gasteiger charge is -2.20. The van der Waals surface area contributed by atoms with Gasteiger partial charge in [0.05, 0.1) is 18.8 Å². The molecule has 0 bridgehead atoms. The van der Waals surface area contributed by atoms with Gasteiger partial charge in [-0.15, -0.1) is 11.3 Å². The summed E-state index contributed by atoms with van der Waals surface area (Å²) in [7, 11) is 0. The summed E-state index contributed by atoms with van der Waals surface area (Å²) in [6, 6.07) is 9.23. The van der Waals surface area contributed by atoms with Crippen LogP contribution >= 0.6 is 11.3 Å². The molecule has 2 rings (SSSR count). The molecule has 0 radical (unpaired) electrons. The van der Waals surface area contributed by atoms with Gasteiger partial charge in [-0.1, -0.05) is 44.2 Å². The molecule has 1 unspecified atom stereocenters. The van der Waals surface area contributed by atoms with Crippen molar-refractivity contribution in [2.24, 2.45) is 5.92 Å². The van der Waals surface area contributed by atoms with Crippen molar-refractivity contribution < 1.29 is 14.3 Å². The predicted molar refractivity (Wildman–Crippen MR) is 98.2 cm³/mol. The van der Waals surface area contributed by atoms with Gasteiger partial charge < -0.3 is 15.4 Å². The summed E-state index contributed by atoms with van der Waals surface area (Å²) in [5, 5.41) is 8.20. The molecule has 0 aliphatic carbocycles. The molecular weight excluding hydrogens is 338 g/mol. The second-order valence-corrected chi connectivity index (χ2v) is 6.74. The highest BCUT2D eigenvalue weighted by molar-refractivity contribution is 7.09. The zero-order valence-corrected chi connectivity index (χ0v) is 15.4. The number of alkyl carbamates (subject to hydrolysis) is 1. The minimum atomic E-state index is -0.646. The highest BCUT2D eigenvalue weighted by Gasteiger charge is 2.24. The van der Waals surface area contributed by atoms with Gasteiger partial charge in [-0.2, -0.15) is 0 Å². The number of carbonyl (C=O) groups excluding carboxylic acids is 2. The van der Waals surface area contributed by atoms with E-state index >= 15 is 0 Å². The Balaban J connectivity index is 1.94. The van der Waals surface area contributed by atoms with Crippen molar-refractivity contribution >= 4 is 23.3 Å². The Labute approximate surface area is 151 Å². The van der Waals surface area contributed by atoms with Crippen LogP contribution in [0.3, 0.4) is 0 Å². The minimum absolute atomic E-state index is 0.0550. The third-order valence-electron chi connectivity index (χ3n) is 3.53. The predicted octanol–water partition coefficient (Wildman–Crippen LogP) is 3.20. The van der Waals surface area contributed by atoms with Crippen molar-refractivity contribution in [1.29, 1.82) is 0 Å². The van der Waals surface area contributed by atoms with Crippen LogP contribution in [0.2, 0.25) is 0 Å². The number of benzene rings is 1. The molecular formula is C18H23N3O3S. The molecule has 25 heavy (non-hydrogen) atoms. The van der Waals surface area contributed by atoms with E-state index in [1.54, 1.807) is 6.92 Å². The lowest BCUT2D eigenvalue weighted by molar-refractivity contribution is -0.124. The monoisotopic (exact) mass is 361 g/mol. The maximum Gasteiger partial charge on any atom is 0.407 e. The number of nitrogens with zero attached hydrogens (tertiary/aromatic N) is 1. The first-order chi connectivity index (χ1) is 12.0. The number of carbonyl (C=O) groups is 2. The van der Waals surface area contributed by atoms with Crippen molar-refractivity contribution in [2.75, 3.05) is 6.61 Å². The molecule has 1 heterocycles. The minimum Gasteiger partial charge on any atom is -0.450 e. The second-order valence-electron chi connectivity index (χ2n) is 5.80. The van der Waals surface area contributed by atoms with Gasteiger partial charge >= 0.3 is 6.09 Å². The van der Waals surface area contributed by atoms with Crippen LogP contribution in [0, 0.1) is 5.92 Å². The fraction of sp³-hybridized carbons (Fsp3) is 0.389. The highest BCUT2D eigenvalue weighted by atomic mass is 32.1. The van der Waals surface area contributed by atoms with E-state index in [0.717, 1.165) is 16.3 Å². The van der Waals surface area contributed by atoms with Gasteiger partial charge in [0.1, 0.15) is 11.0 Å². The lowest BCUT2D eigenvalue weighted by Crippen LogP contribution is -2.49.